The van der Waals surface area contributed by atoms with Crippen molar-refractivity contribution in [3.63, 3.8) is 0 Å². The first-order valence-electron chi connectivity index (χ1n) is 8.29. The van der Waals surface area contributed by atoms with Gasteiger partial charge >= 0.3 is 0 Å². The van der Waals surface area contributed by atoms with Gasteiger partial charge in [-0.25, -0.2) is 9.91 Å². The van der Waals surface area contributed by atoms with E-state index in [-0.39, 0.29) is 11.8 Å². The van der Waals surface area contributed by atoms with Crippen molar-refractivity contribution in [2.75, 3.05) is 9.91 Å². The highest BCUT2D eigenvalue weighted by Crippen LogP contribution is 2.36. The molecule has 0 unspecified atom stereocenters. The third-order valence-corrected chi connectivity index (χ3v) is 5.36. The molecular weight excluding hydrogens is 352 g/mol. The van der Waals surface area contributed by atoms with Gasteiger partial charge in [-0.2, -0.15) is 5.11 Å². The third-order valence-electron chi connectivity index (χ3n) is 4.95. The average molecular weight is 369 g/mol. The number of hydrogen-bond donors (Lipinski definition) is 0. The Hall–Kier alpha value is -2.73. The van der Waals surface area contributed by atoms with Crippen LogP contribution in [0.3, 0.4) is 0 Å². The normalized spacial score (nSPS) is 21.7. The van der Waals surface area contributed by atoms with Crippen molar-refractivity contribution < 1.29 is 9.59 Å². The fourth-order valence-electron chi connectivity index (χ4n) is 3.22. The molecular formula is C19H17ClN4O2. The molecule has 2 aromatic rings. The van der Waals surface area contributed by atoms with Crippen LogP contribution in [0.1, 0.15) is 16.7 Å². The number of rotatable bonds is 2. The lowest BCUT2D eigenvalue weighted by molar-refractivity contribution is -0.121. The lowest BCUT2D eigenvalue weighted by atomic mass is 10.1. The first-order valence-corrected chi connectivity index (χ1v) is 8.67. The number of benzene rings is 2. The molecule has 0 saturated carbocycles. The first kappa shape index (κ1) is 16.7. The van der Waals surface area contributed by atoms with E-state index in [1.165, 1.54) is 5.01 Å². The monoisotopic (exact) mass is 368 g/mol. The lowest BCUT2D eigenvalue weighted by Crippen LogP contribution is -2.40. The smallest absolute Gasteiger partial charge is 0.263 e. The largest absolute Gasteiger partial charge is 0.271 e. The topological polar surface area (TPSA) is 65.3 Å². The second kappa shape index (κ2) is 5.92. The van der Waals surface area contributed by atoms with Gasteiger partial charge in [0.05, 0.1) is 11.4 Å². The van der Waals surface area contributed by atoms with Crippen LogP contribution in [-0.4, -0.2) is 23.9 Å². The van der Waals surface area contributed by atoms with Gasteiger partial charge in [0.1, 0.15) is 0 Å². The number of fused-ring (bicyclic) bond motifs is 1. The van der Waals surface area contributed by atoms with E-state index in [2.05, 4.69) is 10.3 Å². The molecule has 0 radical (unpaired) electrons. The van der Waals surface area contributed by atoms with E-state index in [9.17, 15) is 9.59 Å². The molecule has 0 aliphatic carbocycles. The summed E-state index contributed by atoms with van der Waals surface area (Å²) in [4.78, 5) is 27.0. The van der Waals surface area contributed by atoms with Gasteiger partial charge in [-0.05, 0) is 61.7 Å². The van der Waals surface area contributed by atoms with E-state index in [0.29, 0.717) is 10.7 Å². The summed E-state index contributed by atoms with van der Waals surface area (Å²) in [6.45, 7) is 5.87. The van der Waals surface area contributed by atoms with Crippen molar-refractivity contribution in [2.45, 2.75) is 32.9 Å². The molecule has 26 heavy (non-hydrogen) atoms. The molecule has 0 aromatic heterocycles. The molecule has 2 amide bonds. The second-order valence-corrected chi connectivity index (χ2v) is 7.06. The zero-order chi connectivity index (χ0) is 18.6. The quantitative estimate of drug-likeness (QED) is 0.758. The van der Waals surface area contributed by atoms with Crippen LogP contribution in [-0.2, 0) is 9.59 Å². The van der Waals surface area contributed by atoms with Crippen molar-refractivity contribution in [1.82, 2.24) is 0 Å². The molecule has 2 aliphatic heterocycles. The Labute approximate surface area is 156 Å². The van der Waals surface area contributed by atoms with Crippen LogP contribution in [0.5, 0.6) is 0 Å². The van der Waals surface area contributed by atoms with E-state index in [4.69, 9.17) is 11.6 Å². The summed E-state index contributed by atoms with van der Waals surface area (Å²) >= 11 is 6.16. The number of aryl methyl sites for hydroxylation is 3. The van der Waals surface area contributed by atoms with Gasteiger partial charge < -0.3 is 0 Å². The van der Waals surface area contributed by atoms with Crippen LogP contribution < -0.4 is 9.91 Å². The molecule has 2 atom stereocenters. The number of hydrogen-bond acceptors (Lipinski definition) is 5. The van der Waals surface area contributed by atoms with Crippen LogP contribution in [0.2, 0.25) is 5.02 Å². The molecule has 0 bridgehead atoms. The summed E-state index contributed by atoms with van der Waals surface area (Å²) < 4.78 is 0. The van der Waals surface area contributed by atoms with E-state index < -0.39 is 12.1 Å². The maximum absolute atomic E-state index is 13.0. The minimum absolute atomic E-state index is 0.344. The number of carbonyl (C=O) groups excluding carboxylic acids is 2. The second-order valence-electron chi connectivity index (χ2n) is 6.65. The van der Waals surface area contributed by atoms with Crippen LogP contribution in [0.15, 0.2) is 46.7 Å². The average Bonchev–Trinajstić information content (AvgIpc) is 3.14. The fourth-order valence-corrected chi connectivity index (χ4v) is 3.39. The highest BCUT2D eigenvalue weighted by Gasteiger charge is 2.55. The van der Waals surface area contributed by atoms with Crippen molar-refractivity contribution in [2.24, 2.45) is 10.3 Å². The number of amides is 2. The molecule has 2 aromatic carbocycles. The summed E-state index contributed by atoms with van der Waals surface area (Å²) in [6, 6.07) is 9.34. The Balaban J connectivity index is 1.71. The van der Waals surface area contributed by atoms with Gasteiger partial charge in [-0.1, -0.05) is 29.0 Å². The molecule has 6 nitrogen and oxygen atoms in total. The number of nitrogens with zero attached hydrogens (tertiary/aromatic N) is 4. The Bertz CT molecular complexity index is 972. The molecule has 0 N–H and O–H groups in total. The molecule has 1 fully saturated rings. The number of halogens is 1. The van der Waals surface area contributed by atoms with E-state index in [1.807, 2.05) is 39.0 Å². The Morgan fingerprint density at radius 2 is 1.58 bits per heavy atom. The van der Waals surface area contributed by atoms with Crippen LogP contribution in [0.25, 0.3) is 0 Å². The molecule has 7 heteroatoms. The standard InChI is InChI=1S/C19H17ClN4O2/c1-10-4-7-14(8-12(10)3)24-17-16(21-22-24)18(25)23(19(17)26)13-6-5-11(2)15(20)9-13/h4-9,16-17H,1-3H3/t16-,17+/m1/s1. The Kier molecular flexibility index (Phi) is 3.80. The number of anilines is 2. The van der Waals surface area contributed by atoms with Crippen LogP contribution in [0, 0.1) is 20.8 Å². The van der Waals surface area contributed by atoms with Crippen molar-refractivity contribution in [3.8, 4) is 0 Å². The predicted octanol–water partition coefficient (Wildman–Crippen LogP) is 3.76. The predicted molar refractivity (Wildman–Crippen MR) is 99.5 cm³/mol. The molecule has 4 rings (SSSR count). The maximum Gasteiger partial charge on any atom is 0.263 e. The van der Waals surface area contributed by atoms with Crippen molar-refractivity contribution in [1.29, 1.82) is 0 Å². The van der Waals surface area contributed by atoms with Crippen LogP contribution >= 0.6 is 11.6 Å². The van der Waals surface area contributed by atoms with E-state index in [0.717, 1.165) is 27.3 Å². The van der Waals surface area contributed by atoms with Crippen molar-refractivity contribution >= 4 is 34.8 Å². The summed E-state index contributed by atoms with van der Waals surface area (Å²) in [6.07, 6.45) is 0. The zero-order valence-corrected chi connectivity index (χ0v) is 15.4. The summed E-state index contributed by atoms with van der Waals surface area (Å²) in [5, 5.41) is 10.2. The summed E-state index contributed by atoms with van der Waals surface area (Å²) in [5.74, 6) is -0.724. The van der Waals surface area contributed by atoms with E-state index in [1.54, 1.807) is 18.2 Å². The molecule has 0 spiro atoms. The highest BCUT2D eigenvalue weighted by atomic mass is 35.5. The van der Waals surface area contributed by atoms with Gasteiger partial charge in [-0.15, -0.1) is 0 Å². The van der Waals surface area contributed by atoms with Gasteiger partial charge in [0.2, 0.25) is 0 Å². The highest BCUT2D eigenvalue weighted by molar-refractivity contribution is 6.32. The van der Waals surface area contributed by atoms with Gasteiger partial charge in [-0.3, -0.25) is 9.59 Å². The van der Waals surface area contributed by atoms with Crippen LogP contribution in [0.4, 0.5) is 11.4 Å². The third kappa shape index (κ3) is 2.41. The summed E-state index contributed by atoms with van der Waals surface area (Å²) in [7, 11) is 0. The van der Waals surface area contributed by atoms with Gasteiger partial charge in [0.15, 0.2) is 12.1 Å². The molecule has 1 saturated heterocycles. The fraction of sp³-hybridized carbons (Fsp3) is 0.263. The SMILES string of the molecule is Cc1ccc(N2N=N[C@H]3C(=O)N(c4ccc(C)c(Cl)c4)C(=O)[C@H]32)cc1C. The zero-order valence-electron chi connectivity index (χ0n) is 14.6. The van der Waals surface area contributed by atoms with E-state index >= 15 is 0 Å². The van der Waals surface area contributed by atoms with Crippen molar-refractivity contribution in [3.05, 3.63) is 58.1 Å². The van der Waals surface area contributed by atoms with Gasteiger partial charge in [0.25, 0.3) is 11.8 Å². The minimum Gasteiger partial charge on any atom is -0.271 e. The Morgan fingerprint density at radius 1 is 0.885 bits per heavy atom. The number of imide groups is 1. The Morgan fingerprint density at radius 3 is 2.27 bits per heavy atom. The maximum atomic E-state index is 13.0. The lowest BCUT2D eigenvalue weighted by Gasteiger charge is -2.21. The molecule has 2 heterocycles. The van der Waals surface area contributed by atoms with Gasteiger partial charge in [0, 0.05) is 5.02 Å². The molecule has 132 valence electrons. The number of carbonyl (C=O) groups is 2. The minimum atomic E-state index is -0.829. The summed E-state index contributed by atoms with van der Waals surface area (Å²) in [5.41, 5.74) is 4.31. The molecule has 2 aliphatic rings. The first-order chi connectivity index (χ1) is 12.4.